The van der Waals surface area contributed by atoms with E-state index >= 15 is 0 Å². The molecule has 1 aromatic rings. The Morgan fingerprint density at radius 3 is 3.06 bits per heavy atom. The predicted molar refractivity (Wildman–Crippen MR) is 66.1 cm³/mol. The topological polar surface area (TPSA) is 74.7 Å². The van der Waals surface area contributed by atoms with Crippen molar-refractivity contribution in [2.75, 3.05) is 45.3 Å². The van der Waals surface area contributed by atoms with Crippen molar-refractivity contribution in [2.45, 2.75) is 0 Å². The molecule has 2 N–H and O–H groups in total. The van der Waals surface area contributed by atoms with Crippen LogP contribution in [0.25, 0.3) is 0 Å². The smallest absolute Gasteiger partial charge is 0.240 e. The Morgan fingerprint density at radius 1 is 1.65 bits per heavy atom. The number of hydrogen-bond acceptors (Lipinski definition) is 6. The van der Waals surface area contributed by atoms with E-state index in [9.17, 15) is 4.79 Å². The SMILES string of the molecule is COCCN(CCO)CC(=O)Nc1nccs1. The summed E-state index contributed by atoms with van der Waals surface area (Å²) >= 11 is 1.37. The molecule has 0 bridgehead atoms. The molecular formula is C10H17N3O3S. The number of ether oxygens (including phenoxy) is 1. The molecule has 0 atom stereocenters. The number of aliphatic hydroxyl groups excluding tert-OH is 1. The van der Waals surface area contributed by atoms with Crippen LogP contribution in [0.4, 0.5) is 5.13 Å². The van der Waals surface area contributed by atoms with E-state index in [1.807, 2.05) is 4.90 Å². The maximum Gasteiger partial charge on any atom is 0.240 e. The highest BCUT2D eigenvalue weighted by Crippen LogP contribution is 2.09. The number of amides is 1. The Bertz CT molecular complexity index is 319. The Balaban J connectivity index is 2.34. The quantitative estimate of drug-likeness (QED) is 0.688. The van der Waals surface area contributed by atoms with Crippen LogP contribution in [0.5, 0.6) is 0 Å². The minimum atomic E-state index is -0.135. The number of carbonyl (C=O) groups is 1. The average Bonchev–Trinajstić information content (AvgIpc) is 2.78. The molecule has 0 fully saturated rings. The minimum absolute atomic E-state index is 0.0221. The highest BCUT2D eigenvalue weighted by atomic mass is 32.1. The van der Waals surface area contributed by atoms with Crippen LogP contribution < -0.4 is 5.32 Å². The van der Waals surface area contributed by atoms with Crippen LogP contribution in [0.1, 0.15) is 0 Å². The summed E-state index contributed by atoms with van der Waals surface area (Å²) in [5, 5.41) is 14.0. The first-order valence-corrected chi connectivity index (χ1v) is 6.15. The standard InChI is InChI=1S/C10H17N3O3S/c1-16-6-4-13(3-5-14)8-9(15)12-10-11-2-7-17-10/h2,7,14H,3-6,8H2,1H3,(H,11,12,15). The van der Waals surface area contributed by atoms with Crippen LogP contribution in [-0.2, 0) is 9.53 Å². The lowest BCUT2D eigenvalue weighted by molar-refractivity contribution is -0.117. The lowest BCUT2D eigenvalue weighted by Gasteiger charge is -2.19. The van der Waals surface area contributed by atoms with Gasteiger partial charge in [-0.2, -0.15) is 0 Å². The van der Waals surface area contributed by atoms with E-state index in [-0.39, 0.29) is 19.1 Å². The lowest BCUT2D eigenvalue weighted by atomic mass is 10.4. The van der Waals surface area contributed by atoms with Gasteiger partial charge in [-0.3, -0.25) is 9.69 Å². The van der Waals surface area contributed by atoms with Crippen LogP contribution in [0.15, 0.2) is 11.6 Å². The molecule has 0 unspecified atom stereocenters. The fourth-order valence-corrected chi connectivity index (χ4v) is 1.82. The van der Waals surface area contributed by atoms with E-state index in [2.05, 4.69) is 10.3 Å². The van der Waals surface area contributed by atoms with Crippen molar-refractivity contribution in [1.29, 1.82) is 0 Å². The van der Waals surface area contributed by atoms with Crippen molar-refractivity contribution < 1.29 is 14.6 Å². The number of aromatic nitrogens is 1. The van der Waals surface area contributed by atoms with Crippen molar-refractivity contribution in [3.63, 3.8) is 0 Å². The van der Waals surface area contributed by atoms with E-state index < -0.39 is 0 Å². The molecular weight excluding hydrogens is 242 g/mol. The Labute approximate surface area is 104 Å². The molecule has 6 nitrogen and oxygen atoms in total. The predicted octanol–water partition coefficient (Wildman–Crippen LogP) is 0.0223. The summed E-state index contributed by atoms with van der Waals surface area (Å²) in [6.07, 6.45) is 1.64. The second kappa shape index (κ2) is 8.13. The zero-order chi connectivity index (χ0) is 12.5. The van der Waals surface area contributed by atoms with E-state index in [0.717, 1.165) is 0 Å². The molecule has 96 valence electrons. The Hall–Kier alpha value is -1.02. The fraction of sp³-hybridized carbons (Fsp3) is 0.600. The monoisotopic (exact) mass is 259 g/mol. The van der Waals surface area contributed by atoms with Gasteiger partial charge < -0.3 is 15.2 Å². The zero-order valence-corrected chi connectivity index (χ0v) is 10.6. The minimum Gasteiger partial charge on any atom is -0.395 e. The van der Waals surface area contributed by atoms with Gasteiger partial charge in [0.05, 0.1) is 19.8 Å². The molecule has 0 spiro atoms. The number of rotatable bonds is 8. The molecule has 7 heteroatoms. The molecule has 0 aliphatic rings. The van der Waals surface area contributed by atoms with Crippen molar-refractivity contribution in [3.8, 4) is 0 Å². The van der Waals surface area contributed by atoms with E-state index in [0.29, 0.717) is 24.8 Å². The Morgan fingerprint density at radius 2 is 2.47 bits per heavy atom. The zero-order valence-electron chi connectivity index (χ0n) is 9.76. The van der Waals surface area contributed by atoms with Gasteiger partial charge in [0.25, 0.3) is 0 Å². The van der Waals surface area contributed by atoms with Crippen LogP contribution >= 0.6 is 11.3 Å². The third-order valence-electron chi connectivity index (χ3n) is 2.07. The van der Waals surface area contributed by atoms with Gasteiger partial charge in [-0.25, -0.2) is 4.98 Å². The first-order chi connectivity index (χ1) is 8.26. The first kappa shape index (κ1) is 14.0. The normalized spacial score (nSPS) is 10.8. The van der Waals surface area contributed by atoms with Crippen LogP contribution in [0, 0.1) is 0 Å². The maximum atomic E-state index is 11.7. The summed E-state index contributed by atoms with van der Waals surface area (Å²) in [5.41, 5.74) is 0. The van der Waals surface area contributed by atoms with Gasteiger partial charge in [0.15, 0.2) is 5.13 Å². The van der Waals surface area contributed by atoms with Crippen molar-refractivity contribution >= 4 is 22.4 Å². The molecule has 0 aliphatic heterocycles. The number of anilines is 1. The molecule has 17 heavy (non-hydrogen) atoms. The summed E-state index contributed by atoms with van der Waals surface area (Å²) in [5.74, 6) is -0.135. The number of aliphatic hydroxyl groups is 1. The number of carbonyl (C=O) groups excluding carboxylic acids is 1. The number of nitrogens with zero attached hydrogens (tertiary/aromatic N) is 2. The van der Waals surface area contributed by atoms with Gasteiger partial charge in [-0.05, 0) is 0 Å². The van der Waals surface area contributed by atoms with Crippen molar-refractivity contribution in [1.82, 2.24) is 9.88 Å². The highest BCUT2D eigenvalue weighted by Gasteiger charge is 2.10. The molecule has 1 aromatic heterocycles. The van der Waals surface area contributed by atoms with Gasteiger partial charge >= 0.3 is 0 Å². The van der Waals surface area contributed by atoms with E-state index in [1.54, 1.807) is 18.7 Å². The summed E-state index contributed by atoms with van der Waals surface area (Å²) < 4.78 is 4.94. The summed E-state index contributed by atoms with van der Waals surface area (Å²) in [6, 6.07) is 0. The van der Waals surface area contributed by atoms with Gasteiger partial charge in [-0.1, -0.05) is 0 Å². The van der Waals surface area contributed by atoms with E-state index in [1.165, 1.54) is 11.3 Å². The van der Waals surface area contributed by atoms with Gasteiger partial charge in [0.1, 0.15) is 0 Å². The van der Waals surface area contributed by atoms with Crippen molar-refractivity contribution in [3.05, 3.63) is 11.6 Å². The molecule has 0 aliphatic carbocycles. The maximum absolute atomic E-state index is 11.7. The fourth-order valence-electron chi connectivity index (χ4n) is 1.28. The number of methoxy groups -OCH3 is 1. The third kappa shape index (κ3) is 5.73. The largest absolute Gasteiger partial charge is 0.395 e. The molecule has 0 saturated carbocycles. The second-order valence-electron chi connectivity index (χ2n) is 3.38. The summed E-state index contributed by atoms with van der Waals surface area (Å²) in [4.78, 5) is 17.4. The molecule has 0 saturated heterocycles. The highest BCUT2D eigenvalue weighted by molar-refractivity contribution is 7.13. The van der Waals surface area contributed by atoms with Gasteiger partial charge in [0, 0.05) is 31.8 Å². The van der Waals surface area contributed by atoms with Crippen molar-refractivity contribution in [2.24, 2.45) is 0 Å². The third-order valence-corrected chi connectivity index (χ3v) is 2.76. The number of nitrogens with one attached hydrogen (secondary N) is 1. The van der Waals surface area contributed by atoms with Gasteiger partial charge in [-0.15, -0.1) is 11.3 Å². The summed E-state index contributed by atoms with van der Waals surface area (Å²) in [6.45, 7) is 1.85. The molecule has 1 amide bonds. The molecule has 1 heterocycles. The molecule has 1 rings (SSSR count). The van der Waals surface area contributed by atoms with Gasteiger partial charge in [0.2, 0.25) is 5.91 Å². The number of thiazole rings is 1. The van der Waals surface area contributed by atoms with Crippen LogP contribution in [0.2, 0.25) is 0 Å². The average molecular weight is 259 g/mol. The second-order valence-corrected chi connectivity index (χ2v) is 4.27. The number of hydrogen-bond donors (Lipinski definition) is 2. The molecule has 0 aromatic carbocycles. The van der Waals surface area contributed by atoms with E-state index in [4.69, 9.17) is 9.84 Å². The van der Waals surface area contributed by atoms with Crippen LogP contribution in [0.3, 0.4) is 0 Å². The first-order valence-electron chi connectivity index (χ1n) is 5.27. The van der Waals surface area contributed by atoms with Crippen LogP contribution in [-0.4, -0.2) is 60.9 Å². The lowest BCUT2D eigenvalue weighted by Crippen LogP contribution is -2.37. The molecule has 0 radical (unpaired) electrons. The summed E-state index contributed by atoms with van der Waals surface area (Å²) in [7, 11) is 1.60. The Kier molecular flexibility index (Phi) is 6.71.